The SMILES string of the molecule is COc1ccc(Cl)c(/C(O)=C2\C(=O)C(=O)N(C3CCCC3)C2c2cccc(O)c2)c1. The van der Waals surface area contributed by atoms with Crippen molar-refractivity contribution in [2.24, 2.45) is 0 Å². The summed E-state index contributed by atoms with van der Waals surface area (Å²) in [7, 11) is 1.48. The number of methoxy groups -OCH3 is 1. The highest BCUT2D eigenvalue weighted by molar-refractivity contribution is 6.47. The molecular weight excluding hydrogens is 406 g/mol. The molecule has 7 heteroatoms. The van der Waals surface area contributed by atoms with E-state index in [1.807, 2.05) is 0 Å². The number of likely N-dealkylation sites (tertiary alicyclic amines) is 1. The van der Waals surface area contributed by atoms with E-state index in [1.165, 1.54) is 25.3 Å². The van der Waals surface area contributed by atoms with Crippen molar-refractivity contribution >= 4 is 29.1 Å². The van der Waals surface area contributed by atoms with Gasteiger partial charge in [-0.05, 0) is 48.7 Å². The van der Waals surface area contributed by atoms with Crippen molar-refractivity contribution in [3.05, 3.63) is 64.2 Å². The van der Waals surface area contributed by atoms with Gasteiger partial charge in [-0.3, -0.25) is 9.59 Å². The monoisotopic (exact) mass is 427 g/mol. The van der Waals surface area contributed by atoms with Gasteiger partial charge < -0.3 is 19.8 Å². The summed E-state index contributed by atoms with van der Waals surface area (Å²) in [6.07, 6.45) is 3.54. The molecule has 2 aromatic rings. The van der Waals surface area contributed by atoms with Crippen molar-refractivity contribution in [3.8, 4) is 11.5 Å². The Kier molecular flexibility index (Phi) is 5.43. The summed E-state index contributed by atoms with van der Waals surface area (Å²) in [4.78, 5) is 27.7. The van der Waals surface area contributed by atoms with E-state index >= 15 is 0 Å². The molecule has 2 fully saturated rings. The second-order valence-electron chi connectivity index (χ2n) is 7.59. The highest BCUT2D eigenvalue weighted by atomic mass is 35.5. The number of ketones is 1. The number of ether oxygens (including phenoxy) is 1. The smallest absolute Gasteiger partial charge is 0.295 e. The second kappa shape index (κ2) is 8.03. The predicted molar refractivity (Wildman–Crippen MR) is 113 cm³/mol. The van der Waals surface area contributed by atoms with Crippen LogP contribution in [0.25, 0.3) is 5.76 Å². The van der Waals surface area contributed by atoms with E-state index in [1.54, 1.807) is 29.2 Å². The first-order chi connectivity index (χ1) is 14.4. The number of halogens is 1. The van der Waals surface area contributed by atoms with Crippen LogP contribution in [0.4, 0.5) is 0 Å². The summed E-state index contributed by atoms with van der Waals surface area (Å²) < 4.78 is 5.21. The lowest BCUT2D eigenvalue weighted by Gasteiger charge is -2.30. The van der Waals surface area contributed by atoms with Gasteiger partial charge in [0, 0.05) is 11.6 Å². The maximum atomic E-state index is 13.1. The Morgan fingerprint density at radius 1 is 1.13 bits per heavy atom. The molecule has 0 bridgehead atoms. The standard InChI is InChI=1S/C23H22ClNO5/c1-30-16-9-10-18(24)17(12-16)21(27)19-20(13-5-4-8-15(26)11-13)25(23(29)22(19)28)14-6-2-3-7-14/h4-5,8-12,14,20,26-27H,2-3,6-7H2,1H3/b21-19+. The fourth-order valence-corrected chi connectivity index (χ4v) is 4.60. The quantitative estimate of drug-likeness (QED) is 0.428. The minimum absolute atomic E-state index is 0.0175. The van der Waals surface area contributed by atoms with Gasteiger partial charge in [-0.2, -0.15) is 0 Å². The largest absolute Gasteiger partial charge is 0.508 e. The number of rotatable bonds is 4. The number of amides is 1. The zero-order chi connectivity index (χ0) is 21.4. The number of carbonyl (C=O) groups is 2. The highest BCUT2D eigenvalue weighted by Crippen LogP contribution is 2.44. The molecule has 2 aliphatic rings. The third-order valence-corrected chi connectivity index (χ3v) is 6.14. The van der Waals surface area contributed by atoms with Gasteiger partial charge >= 0.3 is 0 Å². The minimum Gasteiger partial charge on any atom is -0.508 e. The molecule has 1 saturated carbocycles. The number of Topliss-reactive ketones (excluding diaryl/α,β-unsaturated/α-hetero) is 1. The normalized spacial score (nSPS) is 21.4. The van der Waals surface area contributed by atoms with Crippen molar-refractivity contribution in [1.29, 1.82) is 0 Å². The Labute approximate surface area is 179 Å². The summed E-state index contributed by atoms with van der Waals surface area (Å²) >= 11 is 6.29. The maximum absolute atomic E-state index is 13.1. The van der Waals surface area contributed by atoms with E-state index in [0.29, 0.717) is 11.3 Å². The van der Waals surface area contributed by atoms with Gasteiger partial charge in [-0.1, -0.05) is 36.6 Å². The zero-order valence-corrected chi connectivity index (χ0v) is 17.2. The molecule has 4 rings (SSSR count). The maximum Gasteiger partial charge on any atom is 0.295 e. The fraction of sp³-hybridized carbons (Fsp3) is 0.304. The number of benzene rings is 2. The Bertz CT molecular complexity index is 1040. The molecule has 1 aliphatic heterocycles. The number of phenols is 1. The summed E-state index contributed by atoms with van der Waals surface area (Å²) in [5, 5.41) is 21.4. The van der Waals surface area contributed by atoms with E-state index in [0.717, 1.165) is 25.7 Å². The van der Waals surface area contributed by atoms with Crippen molar-refractivity contribution in [2.75, 3.05) is 7.11 Å². The summed E-state index contributed by atoms with van der Waals surface area (Å²) in [5.74, 6) is -1.28. The van der Waals surface area contributed by atoms with Crippen LogP contribution in [0.5, 0.6) is 11.5 Å². The van der Waals surface area contributed by atoms with Gasteiger partial charge in [0.1, 0.15) is 17.3 Å². The molecule has 156 valence electrons. The third kappa shape index (κ3) is 3.41. The van der Waals surface area contributed by atoms with Gasteiger partial charge in [-0.25, -0.2) is 0 Å². The highest BCUT2D eigenvalue weighted by Gasteiger charge is 2.49. The topological polar surface area (TPSA) is 87.1 Å². The van der Waals surface area contributed by atoms with Crippen molar-refractivity contribution in [3.63, 3.8) is 0 Å². The predicted octanol–water partition coefficient (Wildman–Crippen LogP) is 4.42. The second-order valence-corrected chi connectivity index (χ2v) is 7.99. The first-order valence-electron chi connectivity index (χ1n) is 9.85. The molecule has 1 unspecified atom stereocenters. The fourth-order valence-electron chi connectivity index (χ4n) is 4.39. The van der Waals surface area contributed by atoms with E-state index in [-0.39, 0.29) is 33.7 Å². The Morgan fingerprint density at radius 3 is 2.53 bits per heavy atom. The summed E-state index contributed by atoms with van der Waals surface area (Å²) in [6.45, 7) is 0. The first-order valence-corrected chi connectivity index (χ1v) is 10.2. The van der Waals surface area contributed by atoms with Crippen molar-refractivity contribution < 1.29 is 24.5 Å². The number of aromatic hydroxyl groups is 1. The number of phenolic OH excluding ortho intramolecular Hbond substituents is 1. The van der Waals surface area contributed by atoms with Gasteiger partial charge in [0.25, 0.3) is 11.7 Å². The average molecular weight is 428 g/mol. The van der Waals surface area contributed by atoms with Crippen LogP contribution < -0.4 is 4.74 Å². The first kappa shape index (κ1) is 20.3. The van der Waals surface area contributed by atoms with Crippen LogP contribution in [-0.2, 0) is 9.59 Å². The molecule has 0 spiro atoms. The molecule has 6 nitrogen and oxygen atoms in total. The zero-order valence-electron chi connectivity index (χ0n) is 16.5. The van der Waals surface area contributed by atoms with Crippen LogP contribution in [0.2, 0.25) is 5.02 Å². The Hall–Kier alpha value is -2.99. The summed E-state index contributed by atoms with van der Waals surface area (Å²) in [5.41, 5.74) is 0.736. The molecular formula is C23H22ClNO5. The van der Waals surface area contributed by atoms with Crippen LogP contribution in [0.1, 0.15) is 42.9 Å². The number of carbonyl (C=O) groups excluding carboxylic acids is 2. The van der Waals surface area contributed by atoms with Crippen LogP contribution in [-0.4, -0.2) is 40.0 Å². The molecule has 2 N–H and O–H groups in total. The minimum atomic E-state index is -0.803. The van der Waals surface area contributed by atoms with Gasteiger partial charge in [-0.15, -0.1) is 0 Å². The molecule has 1 amide bonds. The molecule has 1 atom stereocenters. The molecule has 0 radical (unpaired) electrons. The van der Waals surface area contributed by atoms with Crippen molar-refractivity contribution in [1.82, 2.24) is 4.90 Å². The molecule has 30 heavy (non-hydrogen) atoms. The molecule has 1 heterocycles. The van der Waals surface area contributed by atoms with Gasteiger partial charge in [0.15, 0.2) is 0 Å². The molecule has 0 aromatic heterocycles. The lowest BCUT2D eigenvalue weighted by atomic mass is 9.94. The lowest BCUT2D eigenvalue weighted by molar-refractivity contribution is -0.141. The number of hydrogen-bond acceptors (Lipinski definition) is 5. The van der Waals surface area contributed by atoms with E-state index in [2.05, 4.69) is 0 Å². The van der Waals surface area contributed by atoms with Gasteiger partial charge in [0.2, 0.25) is 0 Å². The lowest BCUT2D eigenvalue weighted by Crippen LogP contribution is -2.37. The average Bonchev–Trinajstić information content (AvgIpc) is 3.35. The van der Waals surface area contributed by atoms with E-state index < -0.39 is 17.7 Å². The van der Waals surface area contributed by atoms with Gasteiger partial charge in [0.05, 0.1) is 23.7 Å². The molecule has 1 aliphatic carbocycles. The van der Waals surface area contributed by atoms with Crippen LogP contribution >= 0.6 is 11.6 Å². The van der Waals surface area contributed by atoms with Crippen LogP contribution in [0.15, 0.2) is 48.0 Å². The molecule has 2 aromatic carbocycles. The van der Waals surface area contributed by atoms with Crippen LogP contribution in [0.3, 0.4) is 0 Å². The third-order valence-electron chi connectivity index (χ3n) is 5.81. The van der Waals surface area contributed by atoms with E-state index in [4.69, 9.17) is 16.3 Å². The number of nitrogens with zero attached hydrogens (tertiary/aromatic N) is 1. The van der Waals surface area contributed by atoms with E-state index in [9.17, 15) is 19.8 Å². The summed E-state index contributed by atoms with van der Waals surface area (Å²) in [6, 6.07) is 10.2. The van der Waals surface area contributed by atoms with Crippen LogP contribution in [0, 0.1) is 0 Å². The molecule has 1 saturated heterocycles. The number of hydrogen-bond donors (Lipinski definition) is 2. The Balaban J connectivity index is 1.93. The van der Waals surface area contributed by atoms with Crippen molar-refractivity contribution in [2.45, 2.75) is 37.8 Å². The number of aliphatic hydroxyl groups excluding tert-OH is 1. The number of aliphatic hydroxyl groups is 1. The Morgan fingerprint density at radius 2 is 1.87 bits per heavy atom.